The monoisotopic (exact) mass is 412 g/mol. The third-order valence-corrected chi connectivity index (χ3v) is 5.90. The van der Waals surface area contributed by atoms with Crippen molar-refractivity contribution in [1.29, 1.82) is 0 Å². The quantitative estimate of drug-likeness (QED) is 0.694. The van der Waals surface area contributed by atoms with E-state index in [-0.39, 0.29) is 24.2 Å². The van der Waals surface area contributed by atoms with Gasteiger partial charge in [-0.15, -0.1) is 0 Å². The van der Waals surface area contributed by atoms with Crippen molar-refractivity contribution >= 4 is 29.0 Å². The Kier molecular flexibility index (Phi) is 5.41. The predicted octanol–water partition coefficient (Wildman–Crippen LogP) is 4.49. The van der Waals surface area contributed by atoms with Crippen molar-refractivity contribution in [1.82, 2.24) is 9.80 Å². The Balaban J connectivity index is 1.75. The molecule has 0 aromatic heterocycles. The summed E-state index contributed by atoms with van der Waals surface area (Å²) >= 11 is 6.26. The Morgan fingerprint density at radius 2 is 1.79 bits per heavy atom. The lowest BCUT2D eigenvalue weighted by molar-refractivity contribution is -0.138. The number of hydrogen-bond acceptors (Lipinski definition) is 3. The third kappa shape index (κ3) is 3.79. The van der Waals surface area contributed by atoms with Crippen molar-refractivity contribution < 1.29 is 14.0 Å². The van der Waals surface area contributed by atoms with Gasteiger partial charge in [-0.05, 0) is 48.1 Å². The number of rotatable bonds is 4. The topological polar surface area (TPSA) is 40.6 Å². The van der Waals surface area contributed by atoms with E-state index in [2.05, 4.69) is 6.92 Å². The van der Waals surface area contributed by atoms with Gasteiger partial charge >= 0.3 is 0 Å². The molecule has 0 N–H and O–H groups in total. The van der Waals surface area contributed by atoms with Crippen LogP contribution in [0.4, 0.5) is 4.39 Å². The summed E-state index contributed by atoms with van der Waals surface area (Å²) < 4.78 is 13.5. The van der Waals surface area contributed by atoms with Gasteiger partial charge in [0.25, 0.3) is 11.8 Å². The van der Waals surface area contributed by atoms with Crippen molar-refractivity contribution in [3.05, 3.63) is 76.2 Å². The normalized spacial score (nSPS) is 20.0. The number of hydrogen-bond donors (Lipinski definition) is 0. The van der Waals surface area contributed by atoms with Crippen LogP contribution in [0.2, 0.25) is 5.02 Å². The Hall–Kier alpha value is -2.66. The Labute approximate surface area is 174 Å². The number of likely N-dealkylation sites (tertiary alicyclic amines) is 1. The van der Waals surface area contributed by atoms with Crippen LogP contribution in [0.5, 0.6) is 0 Å². The number of carbonyl (C=O) groups is 2. The molecule has 0 aliphatic carbocycles. The molecule has 1 fully saturated rings. The van der Waals surface area contributed by atoms with Gasteiger partial charge in [-0.2, -0.15) is 0 Å². The molecule has 2 aromatic carbocycles. The molecule has 4 nitrogen and oxygen atoms in total. The van der Waals surface area contributed by atoms with Gasteiger partial charge in [0.1, 0.15) is 11.5 Å². The zero-order valence-electron chi connectivity index (χ0n) is 16.2. The fraction of sp³-hybridized carbons (Fsp3) is 0.304. The molecule has 4 rings (SSSR count). The second-order valence-corrected chi connectivity index (χ2v) is 8.12. The first-order valence-corrected chi connectivity index (χ1v) is 10.2. The molecule has 0 bridgehead atoms. The number of benzene rings is 2. The highest BCUT2D eigenvalue weighted by Crippen LogP contribution is 2.35. The number of piperidine rings is 1. The average Bonchev–Trinajstić information content (AvgIpc) is 2.95. The van der Waals surface area contributed by atoms with Crippen LogP contribution in [0.25, 0.3) is 5.57 Å². The molecular weight excluding hydrogens is 391 g/mol. The summed E-state index contributed by atoms with van der Waals surface area (Å²) in [5, 5.41) is 0.511. The Morgan fingerprint density at radius 3 is 2.48 bits per heavy atom. The molecule has 1 atom stereocenters. The highest BCUT2D eigenvalue weighted by atomic mass is 35.5. The highest BCUT2D eigenvalue weighted by Gasteiger charge is 2.42. The zero-order chi connectivity index (χ0) is 20.5. The maximum absolute atomic E-state index is 13.5. The van der Waals surface area contributed by atoms with E-state index in [4.69, 9.17) is 11.6 Å². The number of imide groups is 1. The molecule has 6 heteroatoms. The van der Waals surface area contributed by atoms with Gasteiger partial charge in [0.05, 0.1) is 12.1 Å². The van der Waals surface area contributed by atoms with Crippen LogP contribution in [-0.2, 0) is 16.1 Å². The van der Waals surface area contributed by atoms with Crippen LogP contribution in [0.3, 0.4) is 0 Å². The van der Waals surface area contributed by atoms with E-state index < -0.39 is 0 Å². The fourth-order valence-corrected chi connectivity index (χ4v) is 4.26. The molecule has 1 saturated heterocycles. The lowest BCUT2D eigenvalue weighted by Gasteiger charge is -2.33. The Bertz CT molecular complexity index is 987. The maximum atomic E-state index is 13.5. The highest BCUT2D eigenvalue weighted by molar-refractivity contribution is 6.35. The number of halogens is 2. The second-order valence-electron chi connectivity index (χ2n) is 7.71. The van der Waals surface area contributed by atoms with Crippen LogP contribution >= 0.6 is 11.6 Å². The van der Waals surface area contributed by atoms with E-state index in [0.29, 0.717) is 33.3 Å². The molecule has 150 valence electrons. The zero-order valence-corrected chi connectivity index (χ0v) is 17.0. The van der Waals surface area contributed by atoms with Crippen molar-refractivity contribution in [2.45, 2.75) is 26.3 Å². The van der Waals surface area contributed by atoms with Crippen molar-refractivity contribution in [2.24, 2.45) is 5.92 Å². The first kappa shape index (κ1) is 19.6. The molecule has 2 aliphatic heterocycles. The fourth-order valence-electron chi connectivity index (χ4n) is 4.07. The van der Waals surface area contributed by atoms with Gasteiger partial charge < -0.3 is 4.90 Å². The number of carbonyl (C=O) groups excluding carboxylic acids is 2. The Morgan fingerprint density at radius 1 is 1.07 bits per heavy atom. The van der Waals surface area contributed by atoms with Crippen LogP contribution < -0.4 is 0 Å². The van der Waals surface area contributed by atoms with Gasteiger partial charge in [-0.3, -0.25) is 14.5 Å². The van der Waals surface area contributed by atoms with Crippen molar-refractivity contribution in [2.75, 3.05) is 13.1 Å². The SMILES string of the molecule is CC1CCCN(C2=C(c3ccc(F)cc3)C(=O)N(Cc3ccccc3Cl)C2=O)C1. The summed E-state index contributed by atoms with van der Waals surface area (Å²) in [5.41, 5.74) is 2.03. The predicted molar refractivity (Wildman–Crippen MR) is 110 cm³/mol. The first-order chi connectivity index (χ1) is 14.0. The number of amides is 2. The molecule has 29 heavy (non-hydrogen) atoms. The molecule has 2 aromatic rings. The molecule has 2 heterocycles. The second kappa shape index (κ2) is 7.99. The molecule has 2 aliphatic rings. The van der Waals surface area contributed by atoms with Crippen LogP contribution in [0.1, 0.15) is 30.9 Å². The van der Waals surface area contributed by atoms with E-state index in [1.807, 2.05) is 17.0 Å². The van der Waals surface area contributed by atoms with E-state index in [0.717, 1.165) is 25.9 Å². The summed E-state index contributed by atoms with van der Waals surface area (Å²) in [4.78, 5) is 30.0. The third-order valence-electron chi connectivity index (χ3n) is 5.54. The average molecular weight is 413 g/mol. The molecular formula is C23H22ClFN2O2. The minimum Gasteiger partial charge on any atom is -0.366 e. The summed E-state index contributed by atoms with van der Waals surface area (Å²) in [6, 6.07) is 12.9. The molecule has 0 radical (unpaired) electrons. The van der Waals surface area contributed by atoms with E-state index in [1.54, 1.807) is 24.3 Å². The van der Waals surface area contributed by atoms with Gasteiger partial charge in [-0.1, -0.05) is 48.9 Å². The molecule has 0 spiro atoms. The lowest BCUT2D eigenvalue weighted by atomic mass is 9.98. The first-order valence-electron chi connectivity index (χ1n) is 9.80. The summed E-state index contributed by atoms with van der Waals surface area (Å²) in [6.07, 6.45) is 2.06. The largest absolute Gasteiger partial charge is 0.366 e. The van der Waals surface area contributed by atoms with Crippen LogP contribution in [0.15, 0.2) is 54.2 Å². The molecule has 2 amide bonds. The van der Waals surface area contributed by atoms with E-state index >= 15 is 0 Å². The van der Waals surface area contributed by atoms with Gasteiger partial charge in [-0.25, -0.2) is 4.39 Å². The van der Waals surface area contributed by atoms with Crippen LogP contribution in [-0.4, -0.2) is 34.7 Å². The number of nitrogens with zero attached hydrogens (tertiary/aromatic N) is 2. The maximum Gasteiger partial charge on any atom is 0.278 e. The molecule has 1 unspecified atom stereocenters. The smallest absolute Gasteiger partial charge is 0.278 e. The summed E-state index contributed by atoms with van der Waals surface area (Å²) in [6.45, 7) is 3.70. The van der Waals surface area contributed by atoms with Gasteiger partial charge in [0, 0.05) is 18.1 Å². The van der Waals surface area contributed by atoms with Gasteiger partial charge in [0.2, 0.25) is 0 Å². The standard InChI is InChI=1S/C23H22ClFN2O2/c1-15-5-4-12-26(13-15)21-20(16-8-10-18(25)11-9-16)22(28)27(23(21)29)14-17-6-2-3-7-19(17)24/h2-3,6-11,15H,4-5,12-14H2,1H3. The minimum absolute atomic E-state index is 0.106. The summed E-state index contributed by atoms with van der Waals surface area (Å²) in [5.74, 6) is -0.628. The van der Waals surface area contributed by atoms with Crippen molar-refractivity contribution in [3.8, 4) is 0 Å². The van der Waals surface area contributed by atoms with Gasteiger partial charge in [0.15, 0.2) is 0 Å². The molecule has 0 saturated carbocycles. The van der Waals surface area contributed by atoms with E-state index in [9.17, 15) is 14.0 Å². The summed E-state index contributed by atoms with van der Waals surface area (Å²) in [7, 11) is 0. The van der Waals surface area contributed by atoms with E-state index in [1.165, 1.54) is 17.0 Å². The minimum atomic E-state index is -0.382. The van der Waals surface area contributed by atoms with Crippen LogP contribution in [0, 0.1) is 11.7 Å². The van der Waals surface area contributed by atoms with Crippen molar-refractivity contribution in [3.63, 3.8) is 0 Å². The lowest BCUT2D eigenvalue weighted by Crippen LogP contribution is -2.39.